The minimum atomic E-state index is 0.159. The molecule has 0 aromatic rings. The van der Waals surface area contributed by atoms with Gasteiger partial charge in [0.05, 0.1) is 11.5 Å². The Balaban J connectivity index is 2.35. The Morgan fingerprint density at radius 2 is 2.00 bits per heavy atom. The molecule has 0 saturated heterocycles. The summed E-state index contributed by atoms with van der Waals surface area (Å²) in [6, 6.07) is 0. The molecule has 0 aromatic carbocycles. The third-order valence-electron chi connectivity index (χ3n) is 4.08. The van der Waals surface area contributed by atoms with E-state index in [0.29, 0.717) is 17.9 Å². The highest BCUT2D eigenvalue weighted by atomic mass is 35.5. The van der Waals surface area contributed by atoms with Crippen LogP contribution in [-0.2, 0) is 4.74 Å². The molecule has 0 spiro atoms. The highest BCUT2D eigenvalue weighted by molar-refractivity contribution is 6.22. The van der Waals surface area contributed by atoms with E-state index in [1.54, 1.807) is 0 Å². The van der Waals surface area contributed by atoms with Crippen molar-refractivity contribution in [1.82, 2.24) is 0 Å². The van der Waals surface area contributed by atoms with Gasteiger partial charge >= 0.3 is 0 Å². The summed E-state index contributed by atoms with van der Waals surface area (Å²) in [6.07, 6.45) is 7.24. The van der Waals surface area contributed by atoms with Gasteiger partial charge < -0.3 is 4.74 Å². The minimum Gasteiger partial charge on any atom is -0.381 e. The fourth-order valence-corrected chi connectivity index (χ4v) is 3.53. The molecule has 14 heavy (non-hydrogen) atoms. The van der Waals surface area contributed by atoms with Crippen LogP contribution in [0.5, 0.6) is 0 Å². The molecule has 3 aliphatic carbocycles. The molecule has 0 aromatic heterocycles. The summed E-state index contributed by atoms with van der Waals surface area (Å²) in [7, 11) is 1.82. The van der Waals surface area contributed by atoms with E-state index in [1.807, 2.05) is 7.11 Å². The van der Waals surface area contributed by atoms with E-state index in [1.165, 1.54) is 12.8 Å². The third kappa shape index (κ3) is 1.42. The summed E-state index contributed by atoms with van der Waals surface area (Å²) < 4.78 is 5.67. The van der Waals surface area contributed by atoms with E-state index in [9.17, 15) is 0 Å². The Hall–Kier alpha value is -0.0100. The molecule has 2 heteroatoms. The van der Waals surface area contributed by atoms with Gasteiger partial charge in [-0.25, -0.2) is 0 Å². The quantitative estimate of drug-likeness (QED) is 0.481. The molecular weight excluding hydrogens is 196 g/mol. The van der Waals surface area contributed by atoms with Gasteiger partial charge in [-0.05, 0) is 24.2 Å². The van der Waals surface area contributed by atoms with Crippen molar-refractivity contribution >= 4 is 11.6 Å². The van der Waals surface area contributed by atoms with Gasteiger partial charge in [0, 0.05) is 13.0 Å². The fourth-order valence-electron chi connectivity index (χ4n) is 3.19. The number of allylic oxidation sites excluding steroid dienone is 2. The molecule has 0 heterocycles. The predicted molar refractivity (Wildman–Crippen MR) is 59.6 cm³/mol. The van der Waals surface area contributed by atoms with Crippen LogP contribution in [0.3, 0.4) is 0 Å². The molecule has 3 rings (SSSR count). The number of ether oxygens (including phenoxy) is 1. The van der Waals surface area contributed by atoms with Gasteiger partial charge in [0.2, 0.25) is 0 Å². The lowest BCUT2D eigenvalue weighted by Crippen LogP contribution is -2.47. The first-order valence-corrected chi connectivity index (χ1v) is 5.86. The highest BCUT2D eigenvalue weighted by Gasteiger charge is 2.48. The zero-order valence-electron chi connectivity index (χ0n) is 9.16. The number of fused-ring (bicyclic) bond motifs is 3. The number of halogens is 1. The van der Waals surface area contributed by atoms with Crippen molar-refractivity contribution in [2.45, 2.75) is 38.2 Å². The summed E-state index contributed by atoms with van der Waals surface area (Å²) in [5.41, 5.74) is 0.234. The normalized spacial score (nSPS) is 45.1. The number of hydrogen-bond donors (Lipinski definition) is 0. The van der Waals surface area contributed by atoms with Gasteiger partial charge in [0.25, 0.3) is 0 Å². The molecule has 0 radical (unpaired) electrons. The summed E-state index contributed by atoms with van der Waals surface area (Å²) in [6.45, 7) is 4.61. The Labute approximate surface area is 91.5 Å². The topological polar surface area (TPSA) is 9.23 Å². The summed E-state index contributed by atoms with van der Waals surface area (Å²) in [5, 5.41) is 0.159. The Morgan fingerprint density at radius 3 is 2.64 bits per heavy atom. The molecule has 0 N–H and O–H groups in total. The standard InChI is InChI=1S/C12H19ClO/c1-12(2)8-4-6-9(11(12)14-3)10(13)7-5-8/h5,7-11H,4,6H2,1-3H3/t8-,9+,10+,11+/m0/s1. The van der Waals surface area contributed by atoms with Crippen LogP contribution in [0.4, 0.5) is 0 Å². The van der Waals surface area contributed by atoms with E-state index in [-0.39, 0.29) is 10.8 Å². The Kier molecular flexibility index (Phi) is 2.65. The molecule has 80 valence electrons. The lowest BCUT2D eigenvalue weighted by molar-refractivity contribution is -0.0763. The zero-order valence-corrected chi connectivity index (χ0v) is 9.92. The Morgan fingerprint density at radius 1 is 1.29 bits per heavy atom. The SMILES string of the molecule is CO[C@@H]1[C@@H]2CC[C@@H](C=C[C@H]2Cl)C1(C)C. The van der Waals surface area contributed by atoms with Crippen molar-refractivity contribution in [2.75, 3.05) is 7.11 Å². The van der Waals surface area contributed by atoms with E-state index < -0.39 is 0 Å². The number of alkyl halides is 1. The van der Waals surface area contributed by atoms with E-state index in [0.717, 1.165) is 0 Å². The number of rotatable bonds is 1. The largest absolute Gasteiger partial charge is 0.381 e. The van der Waals surface area contributed by atoms with Crippen molar-refractivity contribution in [3.63, 3.8) is 0 Å². The monoisotopic (exact) mass is 214 g/mol. The van der Waals surface area contributed by atoms with E-state index >= 15 is 0 Å². The van der Waals surface area contributed by atoms with Crippen molar-refractivity contribution in [3.05, 3.63) is 12.2 Å². The molecule has 0 aliphatic heterocycles. The highest BCUT2D eigenvalue weighted by Crippen LogP contribution is 2.49. The maximum atomic E-state index is 6.35. The van der Waals surface area contributed by atoms with E-state index in [2.05, 4.69) is 26.0 Å². The van der Waals surface area contributed by atoms with Crippen LogP contribution in [0.2, 0.25) is 0 Å². The second-order valence-electron chi connectivity index (χ2n) is 5.15. The first-order chi connectivity index (χ1) is 6.57. The van der Waals surface area contributed by atoms with E-state index in [4.69, 9.17) is 16.3 Å². The van der Waals surface area contributed by atoms with Crippen LogP contribution in [-0.4, -0.2) is 18.6 Å². The maximum absolute atomic E-state index is 6.35. The fraction of sp³-hybridized carbons (Fsp3) is 0.833. The van der Waals surface area contributed by atoms with Crippen molar-refractivity contribution in [1.29, 1.82) is 0 Å². The smallest absolute Gasteiger partial charge is 0.0673 e. The molecular formula is C12H19ClO. The average molecular weight is 215 g/mol. The van der Waals surface area contributed by atoms with Gasteiger partial charge in [0.15, 0.2) is 0 Å². The van der Waals surface area contributed by atoms with Gasteiger partial charge in [0.1, 0.15) is 0 Å². The van der Waals surface area contributed by atoms with Crippen molar-refractivity contribution in [2.24, 2.45) is 17.3 Å². The van der Waals surface area contributed by atoms with Crippen LogP contribution in [0, 0.1) is 17.3 Å². The number of hydrogen-bond acceptors (Lipinski definition) is 1. The first-order valence-electron chi connectivity index (χ1n) is 5.42. The number of methoxy groups -OCH3 is 1. The van der Waals surface area contributed by atoms with Crippen LogP contribution >= 0.6 is 11.6 Å². The predicted octanol–water partition coefficient (Wildman–Crippen LogP) is 3.23. The van der Waals surface area contributed by atoms with Crippen LogP contribution in [0.1, 0.15) is 26.7 Å². The molecule has 1 fully saturated rings. The Bertz CT molecular complexity index is 247. The molecule has 4 atom stereocenters. The molecule has 1 nitrogen and oxygen atoms in total. The molecule has 3 aliphatic rings. The molecule has 0 amide bonds. The third-order valence-corrected chi connectivity index (χ3v) is 4.55. The molecule has 2 bridgehead atoms. The lowest BCUT2D eigenvalue weighted by Gasteiger charge is -2.46. The second-order valence-corrected chi connectivity index (χ2v) is 5.66. The van der Waals surface area contributed by atoms with Crippen LogP contribution in [0.15, 0.2) is 12.2 Å². The van der Waals surface area contributed by atoms with Crippen LogP contribution < -0.4 is 0 Å². The lowest BCUT2D eigenvalue weighted by atomic mass is 9.64. The first kappa shape index (κ1) is 10.5. The minimum absolute atomic E-state index is 0.159. The summed E-state index contributed by atoms with van der Waals surface area (Å²) >= 11 is 6.35. The zero-order chi connectivity index (χ0) is 10.3. The summed E-state index contributed by atoms with van der Waals surface area (Å²) in [5.74, 6) is 1.12. The van der Waals surface area contributed by atoms with Crippen molar-refractivity contribution in [3.8, 4) is 0 Å². The van der Waals surface area contributed by atoms with Gasteiger partial charge in [-0.15, -0.1) is 11.6 Å². The molecule has 1 saturated carbocycles. The van der Waals surface area contributed by atoms with Crippen molar-refractivity contribution < 1.29 is 4.74 Å². The van der Waals surface area contributed by atoms with Gasteiger partial charge in [-0.1, -0.05) is 26.0 Å². The molecule has 0 unspecified atom stereocenters. The second kappa shape index (κ2) is 3.53. The van der Waals surface area contributed by atoms with Gasteiger partial charge in [-0.3, -0.25) is 0 Å². The average Bonchev–Trinajstić information content (AvgIpc) is 2.34. The van der Waals surface area contributed by atoms with Crippen LogP contribution in [0.25, 0.3) is 0 Å². The van der Waals surface area contributed by atoms with Gasteiger partial charge in [-0.2, -0.15) is 0 Å². The summed E-state index contributed by atoms with van der Waals surface area (Å²) in [4.78, 5) is 0. The maximum Gasteiger partial charge on any atom is 0.0673 e.